The van der Waals surface area contributed by atoms with E-state index in [1.807, 2.05) is 6.07 Å². The van der Waals surface area contributed by atoms with Crippen LogP contribution >= 0.6 is 0 Å². The number of benzene rings is 1. The van der Waals surface area contributed by atoms with E-state index in [0.29, 0.717) is 23.5 Å². The van der Waals surface area contributed by atoms with Crippen molar-refractivity contribution in [1.82, 2.24) is 0 Å². The molecule has 0 bridgehead atoms. The highest BCUT2D eigenvalue weighted by atomic mass is 32.2. The average Bonchev–Trinajstić information content (AvgIpc) is 2.89. The zero-order chi connectivity index (χ0) is 17.8. The summed E-state index contributed by atoms with van der Waals surface area (Å²) in [6.45, 7) is 2.33. The van der Waals surface area contributed by atoms with Crippen LogP contribution < -0.4 is 4.18 Å². The van der Waals surface area contributed by atoms with E-state index >= 15 is 0 Å². The maximum absolute atomic E-state index is 11.5. The summed E-state index contributed by atoms with van der Waals surface area (Å²) in [5, 5.41) is 0. The molecule has 136 valence electrons. The first-order valence-corrected chi connectivity index (χ1v) is 11.1. The summed E-state index contributed by atoms with van der Waals surface area (Å²) in [5.41, 5.74) is 2.78. The fourth-order valence-electron chi connectivity index (χ4n) is 6.05. The van der Waals surface area contributed by atoms with Gasteiger partial charge in [-0.25, -0.2) is 0 Å². The first kappa shape index (κ1) is 17.1. The van der Waals surface area contributed by atoms with E-state index in [9.17, 15) is 13.2 Å². The summed E-state index contributed by atoms with van der Waals surface area (Å²) in [4.78, 5) is 11.5. The summed E-state index contributed by atoms with van der Waals surface area (Å²) >= 11 is 0. The number of aldehydes is 1. The van der Waals surface area contributed by atoms with E-state index in [0.717, 1.165) is 38.4 Å². The number of hydrogen-bond acceptors (Lipinski definition) is 4. The number of rotatable bonds is 3. The molecule has 4 rings (SSSR count). The second-order valence-electron chi connectivity index (χ2n) is 8.43. The van der Waals surface area contributed by atoms with Crippen LogP contribution in [0.1, 0.15) is 56.1 Å². The number of fused-ring (bicyclic) bond motifs is 5. The number of aryl methyl sites for hydroxylation is 1. The Labute approximate surface area is 150 Å². The second-order valence-corrected chi connectivity index (χ2v) is 10.0. The van der Waals surface area contributed by atoms with Crippen molar-refractivity contribution in [1.29, 1.82) is 0 Å². The van der Waals surface area contributed by atoms with E-state index in [2.05, 4.69) is 13.0 Å². The molecule has 2 fully saturated rings. The smallest absolute Gasteiger partial charge is 0.306 e. The lowest BCUT2D eigenvalue weighted by Crippen LogP contribution is -2.42. The minimum atomic E-state index is -3.49. The molecule has 5 atom stereocenters. The van der Waals surface area contributed by atoms with Gasteiger partial charge in [0.05, 0.1) is 6.26 Å². The predicted molar refractivity (Wildman–Crippen MR) is 96.1 cm³/mol. The lowest BCUT2D eigenvalue weighted by molar-refractivity contribution is -0.115. The minimum absolute atomic E-state index is 0.180. The van der Waals surface area contributed by atoms with Crippen molar-refractivity contribution < 1.29 is 17.4 Å². The normalized spacial score (nSPS) is 36.9. The Morgan fingerprint density at radius 3 is 2.72 bits per heavy atom. The van der Waals surface area contributed by atoms with Crippen LogP contribution in [0.25, 0.3) is 0 Å². The SMILES string of the molecule is CC12CCC3c4ccc(OS(C)(=O)=O)cc4CCC3C1CCC2C=O. The van der Waals surface area contributed by atoms with E-state index < -0.39 is 10.1 Å². The molecular formula is C20H26O4S. The van der Waals surface area contributed by atoms with Crippen LogP contribution in [0.5, 0.6) is 5.75 Å². The molecule has 2 saturated carbocycles. The number of carbonyl (C=O) groups is 1. The van der Waals surface area contributed by atoms with Crippen LogP contribution in [-0.2, 0) is 21.3 Å². The van der Waals surface area contributed by atoms with Crippen molar-refractivity contribution in [2.75, 3.05) is 6.26 Å². The first-order chi connectivity index (χ1) is 11.8. The third-order valence-electron chi connectivity index (χ3n) is 7.18. The summed E-state index contributed by atoms with van der Waals surface area (Å²) < 4.78 is 27.8. The van der Waals surface area contributed by atoms with Gasteiger partial charge < -0.3 is 8.98 Å². The van der Waals surface area contributed by atoms with E-state index in [1.54, 1.807) is 6.07 Å². The molecule has 0 aromatic heterocycles. The molecule has 0 saturated heterocycles. The Morgan fingerprint density at radius 1 is 1.20 bits per heavy atom. The Bertz CT molecular complexity index is 800. The number of hydrogen-bond donors (Lipinski definition) is 0. The Balaban J connectivity index is 1.63. The third-order valence-corrected chi connectivity index (χ3v) is 7.68. The summed E-state index contributed by atoms with van der Waals surface area (Å²) in [6, 6.07) is 5.77. The summed E-state index contributed by atoms with van der Waals surface area (Å²) in [5.74, 6) is 2.48. The molecule has 3 aliphatic rings. The van der Waals surface area contributed by atoms with E-state index in [4.69, 9.17) is 4.18 Å². The molecule has 0 heterocycles. The van der Waals surface area contributed by atoms with Gasteiger partial charge in [0.2, 0.25) is 0 Å². The van der Waals surface area contributed by atoms with Gasteiger partial charge in [-0.05, 0) is 85.0 Å². The van der Waals surface area contributed by atoms with Crippen LogP contribution in [0.15, 0.2) is 18.2 Å². The highest BCUT2D eigenvalue weighted by Crippen LogP contribution is 2.62. The molecule has 3 aliphatic carbocycles. The van der Waals surface area contributed by atoms with Crippen LogP contribution in [-0.4, -0.2) is 21.0 Å². The van der Waals surface area contributed by atoms with Gasteiger partial charge in [-0.15, -0.1) is 0 Å². The minimum Gasteiger partial charge on any atom is -0.383 e. The monoisotopic (exact) mass is 362 g/mol. The Morgan fingerprint density at radius 2 is 2.00 bits per heavy atom. The molecule has 1 aromatic rings. The van der Waals surface area contributed by atoms with E-state index in [1.165, 1.54) is 23.8 Å². The Kier molecular flexibility index (Phi) is 3.98. The quantitative estimate of drug-likeness (QED) is 0.608. The van der Waals surface area contributed by atoms with Crippen LogP contribution in [0.2, 0.25) is 0 Å². The zero-order valence-corrected chi connectivity index (χ0v) is 15.7. The van der Waals surface area contributed by atoms with Gasteiger partial charge in [0.15, 0.2) is 0 Å². The fourth-order valence-corrected chi connectivity index (χ4v) is 6.50. The van der Waals surface area contributed by atoms with Gasteiger partial charge in [-0.1, -0.05) is 13.0 Å². The largest absolute Gasteiger partial charge is 0.383 e. The molecule has 0 spiro atoms. The molecule has 0 aliphatic heterocycles. The van der Waals surface area contributed by atoms with Gasteiger partial charge in [0.25, 0.3) is 0 Å². The van der Waals surface area contributed by atoms with Gasteiger partial charge in [-0.3, -0.25) is 0 Å². The van der Waals surface area contributed by atoms with Crippen molar-refractivity contribution in [3.05, 3.63) is 29.3 Å². The van der Waals surface area contributed by atoms with Crippen molar-refractivity contribution in [3.8, 4) is 5.75 Å². The second kappa shape index (κ2) is 5.83. The highest BCUT2D eigenvalue weighted by Gasteiger charge is 2.54. The third kappa shape index (κ3) is 2.80. The fraction of sp³-hybridized carbons (Fsp3) is 0.650. The number of carbonyl (C=O) groups excluding carboxylic acids is 1. The molecule has 5 heteroatoms. The first-order valence-electron chi connectivity index (χ1n) is 9.29. The van der Waals surface area contributed by atoms with Gasteiger partial charge in [0.1, 0.15) is 12.0 Å². The summed E-state index contributed by atoms with van der Waals surface area (Å²) in [7, 11) is -3.49. The molecule has 0 radical (unpaired) electrons. The highest BCUT2D eigenvalue weighted by molar-refractivity contribution is 7.86. The maximum Gasteiger partial charge on any atom is 0.306 e. The van der Waals surface area contributed by atoms with Crippen molar-refractivity contribution in [2.24, 2.45) is 23.2 Å². The molecule has 0 N–H and O–H groups in total. The van der Waals surface area contributed by atoms with Crippen molar-refractivity contribution >= 4 is 16.4 Å². The average molecular weight is 362 g/mol. The topological polar surface area (TPSA) is 60.4 Å². The zero-order valence-electron chi connectivity index (χ0n) is 14.9. The molecule has 1 aromatic carbocycles. The van der Waals surface area contributed by atoms with Gasteiger partial charge in [-0.2, -0.15) is 8.42 Å². The van der Waals surface area contributed by atoms with Crippen LogP contribution in [0.4, 0.5) is 0 Å². The molecule has 25 heavy (non-hydrogen) atoms. The van der Waals surface area contributed by atoms with Crippen molar-refractivity contribution in [3.63, 3.8) is 0 Å². The van der Waals surface area contributed by atoms with Crippen LogP contribution in [0, 0.1) is 23.2 Å². The molecule has 4 nitrogen and oxygen atoms in total. The lowest BCUT2D eigenvalue weighted by Gasteiger charge is -2.50. The Hall–Kier alpha value is -1.36. The van der Waals surface area contributed by atoms with Crippen molar-refractivity contribution in [2.45, 2.75) is 51.4 Å². The lowest BCUT2D eigenvalue weighted by atomic mass is 9.54. The molecular weight excluding hydrogens is 336 g/mol. The van der Waals surface area contributed by atoms with Gasteiger partial charge in [0, 0.05) is 5.92 Å². The molecule has 5 unspecified atom stereocenters. The van der Waals surface area contributed by atoms with Gasteiger partial charge >= 0.3 is 10.1 Å². The van der Waals surface area contributed by atoms with Crippen LogP contribution in [0.3, 0.4) is 0 Å². The summed E-state index contributed by atoms with van der Waals surface area (Å²) in [6.07, 6.45) is 8.83. The standard InChI is InChI=1S/C20H26O4S/c1-20-10-9-17-16-7-5-15(24-25(2,22)23)11-13(16)3-6-18(17)19(20)8-4-14(20)12-21/h5,7,11-12,14,17-19H,3-4,6,8-10H2,1-2H3. The van der Waals surface area contributed by atoms with E-state index in [-0.39, 0.29) is 11.3 Å². The molecule has 0 amide bonds. The predicted octanol–water partition coefficient (Wildman–Crippen LogP) is 3.70. The maximum atomic E-state index is 11.5.